The van der Waals surface area contributed by atoms with E-state index in [2.05, 4.69) is 22.4 Å². The van der Waals surface area contributed by atoms with Gasteiger partial charge in [0.05, 0.1) is 24.8 Å². The topological polar surface area (TPSA) is 86.8 Å². The first-order valence-corrected chi connectivity index (χ1v) is 15.1. The molecule has 44 heavy (non-hydrogen) atoms. The maximum atomic E-state index is 13.4. The number of fused-ring (bicyclic) bond motifs is 1. The number of nitrogens with one attached hydrogen (secondary N) is 1. The third kappa shape index (κ3) is 7.46. The van der Waals surface area contributed by atoms with Gasteiger partial charge < -0.3 is 19.5 Å². The molecule has 0 saturated carbocycles. The van der Waals surface area contributed by atoms with Gasteiger partial charge in [-0.1, -0.05) is 42.5 Å². The number of benzene rings is 3. The van der Waals surface area contributed by atoms with E-state index < -0.39 is 11.5 Å². The summed E-state index contributed by atoms with van der Waals surface area (Å²) in [6, 6.07) is 24.8. The number of hydrogen-bond donors (Lipinski definition) is 1. The number of anilines is 1. The maximum absolute atomic E-state index is 13.4. The van der Waals surface area contributed by atoms with Crippen LogP contribution in [0, 0.1) is 5.41 Å². The van der Waals surface area contributed by atoms with Crippen LogP contribution in [0.2, 0.25) is 0 Å². The van der Waals surface area contributed by atoms with E-state index in [9.17, 15) is 9.59 Å². The summed E-state index contributed by atoms with van der Waals surface area (Å²) in [6.45, 7) is 7.83. The van der Waals surface area contributed by atoms with Gasteiger partial charge in [-0.05, 0) is 105 Å². The second-order valence-corrected chi connectivity index (χ2v) is 12.3. The zero-order chi connectivity index (χ0) is 31.3. The number of nitrogens with zero attached hydrogens (tertiary/aromatic N) is 1. The van der Waals surface area contributed by atoms with Crippen LogP contribution >= 0.6 is 0 Å². The third-order valence-electron chi connectivity index (χ3n) is 7.93. The van der Waals surface area contributed by atoms with Gasteiger partial charge in [-0.3, -0.25) is 9.59 Å². The van der Waals surface area contributed by atoms with Crippen LogP contribution in [0.3, 0.4) is 0 Å². The summed E-state index contributed by atoms with van der Waals surface area (Å²) >= 11 is 0. The number of rotatable bonds is 10. The molecule has 2 atom stereocenters. The van der Waals surface area contributed by atoms with E-state index in [-0.39, 0.29) is 17.7 Å². The minimum absolute atomic E-state index is 0.111. The highest BCUT2D eigenvalue weighted by molar-refractivity contribution is 6.00. The molecule has 5 rings (SSSR count). The fraction of sp³-hybridized carbons (Fsp3) is 0.324. The molecule has 2 unspecified atom stereocenters. The lowest BCUT2D eigenvalue weighted by Crippen LogP contribution is -2.28. The van der Waals surface area contributed by atoms with Crippen LogP contribution in [-0.2, 0) is 24.2 Å². The lowest BCUT2D eigenvalue weighted by atomic mass is 9.79. The largest absolute Gasteiger partial charge is 0.497 e. The van der Waals surface area contributed by atoms with Crippen molar-refractivity contribution in [3.63, 3.8) is 0 Å². The zero-order valence-corrected chi connectivity index (χ0v) is 26.1. The number of aryl methyl sites for hydroxylation is 1. The molecule has 0 spiro atoms. The molecule has 0 saturated heterocycles. The lowest BCUT2D eigenvalue weighted by Gasteiger charge is -2.28. The summed E-state index contributed by atoms with van der Waals surface area (Å²) in [4.78, 5) is 30.1. The van der Waals surface area contributed by atoms with Gasteiger partial charge in [-0.25, -0.2) is 4.98 Å². The molecule has 0 amide bonds. The van der Waals surface area contributed by atoms with E-state index in [1.165, 1.54) is 11.1 Å². The normalized spacial score (nSPS) is 15.1. The Kier molecular flexibility index (Phi) is 9.33. The third-order valence-corrected chi connectivity index (χ3v) is 7.93. The van der Waals surface area contributed by atoms with Crippen molar-refractivity contribution >= 4 is 17.4 Å². The maximum Gasteiger partial charge on any atom is 0.316 e. The Labute approximate surface area is 259 Å². The average Bonchev–Trinajstić information content (AvgIpc) is 3.03. The van der Waals surface area contributed by atoms with E-state index in [4.69, 9.17) is 14.2 Å². The molecule has 1 N–H and O–H groups in total. The van der Waals surface area contributed by atoms with E-state index in [1.807, 2.05) is 82.3 Å². The Balaban J connectivity index is 1.27. The van der Waals surface area contributed by atoms with Crippen molar-refractivity contribution in [1.29, 1.82) is 0 Å². The van der Waals surface area contributed by atoms with Crippen molar-refractivity contribution in [2.45, 2.75) is 65.5 Å². The molecule has 7 nitrogen and oxygen atoms in total. The molecule has 1 aliphatic carbocycles. The van der Waals surface area contributed by atoms with Gasteiger partial charge in [-0.15, -0.1) is 0 Å². The number of ether oxygens (including phenoxy) is 3. The number of carbonyl (C=O) groups is 2. The van der Waals surface area contributed by atoms with E-state index in [0.29, 0.717) is 23.8 Å². The van der Waals surface area contributed by atoms with Crippen molar-refractivity contribution in [3.8, 4) is 17.2 Å². The number of pyridine rings is 1. The van der Waals surface area contributed by atoms with Crippen LogP contribution < -0.4 is 19.5 Å². The zero-order valence-electron chi connectivity index (χ0n) is 26.1. The van der Waals surface area contributed by atoms with Crippen LogP contribution in [0.1, 0.15) is 72.8 Å². The highest BCUT2D eigenvalue weighted by atomic mass is 16.5. The average molecular weight is 593 g/mol. The van der Waals surface area contributed by atoms with E-state index in [1.54, 1.807) is 25.4 Å². The van der Waals surface area contributed by atoms with Gasteiger partial charge in [0.1, 0.15) is 29.5 Å². The van der Waals surface area contributed by atoms with Gasteiger partial charge in [0, 0.05) is 11.8 Å². The van der Waals surface area contributed by atoms with Crippen LogP contribution in [0.25, 0.3) is 0 Å². The molecule has 1 aliphatic rings. The number of ketones is 1. The Morgan fingerprint density at radius 1 is 0.932 bits per heavy atom. The van der Waals surface area contributed by atoms with Crippen LogP contribution in [-0.4, -0.2) is 29.9 Å². The predicted octanol–water partition coefficient (Wildman–Crippen LogP) is 7.58. The van der Waals surface area contributed by atoms with Crippen LogP contribution in [0.4, 0.5) is 5.69 Å². The summed E-state index contributed by atoms with van der Waals surface area (Å²) in [6.07, 6.45) is 4.23. The monoisotopic (exact) mass is 592 g/mol. The number of hydrogen-bond acceptors (Lipinski definition) is 7. The Morgan fingerprint density at radius 2 is 1.68 bits per heavy atom. The lowest BCUT2D eigenvalue weighted by molar-refractivity contribution is -0.143. The minimum atomic E-state index is -0.562. The van der Waals surface area contributed by atoms with Crippen molar-refractivity contribution in [1.82, 2.24) is 4.98 Å². The summed E-state index contributed by atoms with van der Waals surface area (Å²) in [5.74, 6) is 1.81. The van der Waals surface area contributed by atoms with Crippen molar-refractivity contribution < 1.29 is 23.8 Å². The standard InChI is InChI=1S/C37H40N2O5/c1-24(35(40)33-18-16-31(22-38-33)43-23-25-9-7-6-8-10-25)39-34-21-29(42-5)15-17-32(34)28-12-11-27-20-30(14-13-26(27)19-28)44-36(41)37(2,3)4/h6-10,13-18,20-22,24,28,39H,11-12,19,23H2,1-5H3. The summed E-state index contributed by atoms with van der Waals surface area (Å²) in [5.41, 5.74) is 5.32. The highest BCUT2D eigenvalue weighted by Gasteiger charge is 2.27. The van der Waals surface area contributed by atoms with Crippen LogP contribution in [0.5, 0.6) is 17.2 Å². The fourth-order valence-electron chi connectivity index (χ4n) is 5.34. The molecular weight excluding hydrogens is 552 g/mol. The van der Waals surface area contributed by atoms with Crippen molar-refractivity contribution in [3.05, 3.63) is 113 Å². The fourth-order valence-corrected chi connectivity index (χ4v) is 5.34. The van der Waals surface area contributed by atoms with Gasteiger partial charge in [0.25, 0.3) is 0 Å². The Morgan fingerprint density at radius 3 is 2.39 bits per heavy atom. The number of carbonyl (C=O) groups excluding carboxylic acids is 2. The van der Waals surface area contributed by atoms with Crippen LogP contribution in [0.15, 0.2) is 85.1 Å². The molecule has 0 bridgehead atoms. The second-order valence-electron chi connectivity index (χ2n) is 12.3. The SMILES string of the molecule is COc1ccc(C2CCc3cc(OC(=O)C(C)(C)C)ccc3C2)c(NC(C)C(=O)c2ccc(OCc3ccccc3)cn2)c1. The summed E-state index contributed by atoms with van der Waals surface area (Å²) in [5, 5.41) is 3.45. The van der Waals surface area contributed by atoms with Crippen molar-refractivity contribution in [2.75, 3.05) is 12.4 Å². The second kappa shape index (κ2) is 13.3. The van der Waals surface area contributed by atoms with E-state index in [0.717, 1.165) is 41.8 Å². The molecule has 1 heterocycles. The first kappa shape index (κ1) is 30.8. The molecule has 1 aromatic heterocycles. The summed E-state index contributed by atoms with van der Waals surface area (Å²) < 4.78 is 17.0. The molecule has 3 aromatic carbocycles. The number of aromatic nitrogens is 1. The van der Waals surface area contributed by atoms with Gasteiger partial charge in [0.15, 0.2) is 0 Å². The first-order chi connectivity index (χ1) is 21.1. The van der Waals surface area contributed by atoms with Gasteiger partial charge >= 0.3 is 5.97 Å². The number of Topliss-reactive ketones (excluding diaryl/α,β-unsaturated/α-hetero) is 1. The Hall–Kier alpha value is -4.65. The number of methoxy groups -OCH3 is 1. The molecular formula is C37H40N2O5. The van der Waals surface area contributed by atoms with Crippen molar-refractivity contribution in [2.24, 2.45) is 5.41 Å². The highest BCUT2D eigenvalue weighted by Crippen LogP contribution is 2.39. The molecule has 228 valence electrons. The Bertz CT molecular complexity index is 1610. The van der Waals surface area contributed by atoms with E-state index >= 15 is 0 Å². The predicted molar refractivity (Wildman–Crippen MR) is 172 cm³/mol. The molecule has 4 aromatic rings. The van der Waals surface area contributed by atoms with Gasteiger partial charge in [-0.2, -0.15) is 0 Å². The van der Waals surface area contributed by atoms with Gasteiger partial charge in [0.2, 0.25) is 5.78 Å². The first-order valence-electron chi connectivity index (χ1n) is 15.1. The molecule has 0 aliphatic heterocycles. The minimum Gasteiger partial charge on any atom is -0.497 e. The molecule has 7 heteroatoms. The molecule has 0 fully saturated rings. The summed E-state index contributed by atoms with van der Waals surface area (Å²) in [7, 11) is 1.64. The number of esters is 1. The smallest absolute Gasteiger partial charge is 0.316 e. The quantitative estimate of drug-likeness (QED) is 0.115. The molecule has 0 radical (unpaired) electrons.